The Kier molecular flexibility index (Phi) is 52.3. The van der Waals surface area contributed by atoms with E-state index in [1.165, 1.54) is 180 Å². The minimum absolute atomic E-state index is 0.0794. The van der Waals surface area contributed by atoms with E-state index in [9.17, 15) is 14.4 Å². The Morgan fingerprint density at radius 3 is 0.938 bits per heavy atom. The van der Waals surface area contributed by atoms with Gasteiger partial charge in [-0.25, -0.2) is 0 Å². The van der Waals surface area contributed by atoms with Crippen molar-refractivity contribution in [2.45, 2.75) is 309 Å². The summed E-state index contributed by atoms with van der Waals surface area (Å²) in [7, 11) is 0. The van der Waals surface area contributed by atoms with Gasteiger partial charge in [-0.05, 0) is 51.4 Å². The third kappa shape index (κ3) is 52.5. The Balaban J connectivity index is 4.28. The number of ether oxygens (including phenoxy) is 3. The molecule has 0 aliphatic carbocycles. The van der Waals surface area contributed by atoms with Crippen molar-refractivity contribution < 1.29 is 28.6 Å². The van der Waals surface area contributed by atoms with Crippen LogP contribution in [0.15, 0.2) is 36.5 Å². The van der Waals surface area contributed by atoms with E-state index in [2.05, 4.69) is 57.2 Å². The maximum absolute atomic E-state index is 12.8. The normalized spacial score (nSPS) is 12.2. The van der Waals surface area contributed by atoms with Crippen LogP contribution in [0.4, 0.5) is 0 Å². The lowest BCUT2D eigenvalue weighted by molar-refractivity contribution is -0.167. The van der Waals surface area contributed by atoms with Gasteiger partial charge in [-0.15, -0.1) is 0 Å². The third-order valence-electron chi connectivity index (χ3n) is 12.7. The molecule has 0 aromatic rings. The quantitative estimate of drug-likeness (QED) is 0.0262. The number of carbonyl (C=O) groups excluding carboxylic acids is 3. The van der Waals surface area contributed by atoms with Crippen molar-refractivity contribution in [2.24, 2.45) is 0 Å². The molecular weight excluding hydrogens is 805 g/mol. The molecule has 0 rings (SSSR count). The summed E-state index contributed by atoms with van der Waals surface area (Å²) in [5.74, 6) is -0.892. The van der Waals surface area contributed by atoms with Crippen LogP contribution in [0.5, 0.6) is 0 Å². The van der Waals surface area contributed by atoms with Crippen LogP contribution in [0.25, 0.3) is 0 Å². The molecular formula is C59H108O6. The lowest BCUT2D eigenvalue weighted by atomic mass is 10.0. The summed E-state index contributed by atoms with van der Waals surface area (Å²) in [6.45, 7) is 6.54. The van der Waals surface area contributed by atoms with Gasteiger partial charge in [0.25, 0.3) is 0 Å². The van der Waals surface area contributed by atoms with Gasteiger partial charge in [0.15, 0.2) is 6.10 Å². The summed E-state index contributed by atoms with van der Waals surface area (Å²) < 4.78 is 16.8. The minimum atomic E-state index is -0.782. The molecule has 0 aliphatic rings. The number of hydrogen-bond donors (Lipinski definition) is 0. The van der Waals surface area contributed by atoms with E-state index >= 15 is 0 Å². The van der Waals surface area contributed by atoms with E-state index in [1.54, 1.807) is 0 Å². The summed E-state index contributed by atoms with van der Waals surface area (Å²) in [5, 5.41) is 0. The van der Waals surface area contributed by atoms with Crippen molar-refractivity contribution in [1.29, 1.82) is 0 Å². The maximum Gasteiger partial charge on any atom is 0.306 e. The molecule has 0 aromatic heterocycles. The topological polar surface area (TPSA) is 78.9 Å². The van der Waals surface area contributed by atoms with E-state index in [4.69, 9.17) is 14.2 Å². The molecule has 1 unspecified atom stereocenters. The highest BCUT2D eigenvalue weighted by Crippen LogP contribution is 2.17. The molecule has 0 spiro atoms. The van der Waals surface area contributed by atoms with Gasteiger partial charge in [0.1, 0.15) is 13.2 Å². The van der Waals surface area contributed by atoms with Crippen LogP contribution in [0.2, 0.25) is 0 Å². The summed E-state index contributed by atoms with van der Waals surface area (Å²) in [5.41, 5.74) is 0. The smallest absolute Gasteiger partial charge is 0.306 e. The molecule has 0 bridgehead atoms. The number of unbranched alkanes of at least 4 members (excludes halogenated alkanes) is 35. The molecule has 0 aromatic carbocycles. The molecule has 1 atom stereocenters. The molecule has 6 nitrogen and oxygen atoms in total. The van der Waals surface area contributed by atoms with E-state index in [1.807, 2.05) is 0 Å². The first-order chi connectivity index (χ1) is 32.0. The minimum Gasteiger partial charge on any atom is -0.462 e. The first-order valence-corrected chi connectivity index (χ1v) is 28.5. The second-order valence-electron chi connectivity index (χ2n) is 19.2. The zero-order valence-corrected chi connectivity index (χ0v) is 43.5. The monoisotopic (exact) mass is 913 g/mol. The molecule has 0 N–H and O–H groups in total. The zero-order valence-electron chi connectivity index (χ0n) is 43.5. The molecule has 0 aliphatic heterocycles. The molecule has 0 saturated heterocycles. The number of esters is 3. The number of carbonyl (C=O) groups is 3. The lowest BCUT2D eigenvalue weighted by Crippen LogP contribution is -2.30. The van der Waals surface area contributed by atoms with Gasteiger partial charge >= 0.3 is 17.9 Å². The van der Waals surface area contributed by atoms with Crippen LogP contribution >= 0.6 is 0 Å². The summed E-state index contributed by atoms with van der Waals surface area (Å²) >= 11 is 0. The molecule has 0 fully saturated rings. The molecule has 0 saturated carbocycles. The Hall–Kier alpha value is -2.37. The van der Waals surface area contributed by atoms with Gasteiger partial charge in [-0.2, -0.15) is 0 Å². The van der Waals surface area contributed by atoms with E-state index in [0.29, 0.717) is 19.3 Å². The summed E-state index contributed by atoms with van der Waals surface area (Å²) in [4.78, 5) is 38.1. The molecule has 380 valence electrons. The van der Waals surface area contributed by atoms with Crippen molar-refractivity contribution in [3.8, 4) is 0 Å². The average Bonchev–Trinajstić information content (AvgIpc) is 3.30. The van der Waals surface area contributed by atoms with E-state index < -0.39 is 6.10 Å². The standard InChI is InChI=1S/C59H108O6/c1-4-7-10-13-16-19-22-25-26-27-28-29-30-31-32-35-37-40-43-46-49-52-58(61)64-55-56(65-59(62)53-50-47-44-41-38-34-24-21-18-15-12-9-6-3)54-63-57(60)51-48-45-42-39-36-33-23-20-17-14-11-8-5-2/h9,12,18,21,34,38,56H,4-8,10-11,13-17,19-20,22-33,35-37,39-55H2,1-3H3/b12-9-,21-18-,38-34-. The molecule has 0 radical (unpaired) electrons. The Morgan fingerprint density at radius 2 is 0.600 bits per heavy atom. The van der Waals surface area contributed by atoms with Crippen LogP contribution in [0.3, 0.4) is 0 Å². The fraction of sp³-hybridized carbons (Fsp3) is 0.847. The van der Waals surface area contributed by atoms with Crippen molar-refractivity contribution in [3.63, 3.8) is 0 Å². The predicted octanol–water partition coefficient (Wildman–Crippen LogP) is 18.9. The van der Waals surface area contributed by atoms with Gasteiger partial charge in [0, 0.05) is 19.3 Å². The largest absolute Gasteiger partial charge is 0.462 e. The predicted molar refractivity (Wildman–Crippen MR) is 279 cm³/mol. The van der Waals surface area contributed by atoms with Crippen LogP contribution in [-0.4, -0.2) is 37.2 Å². The Labute approximate surface area is 404 Å². The van der Waals surface area contributed by atoms with Gasteiger partial charge in [-0.3, -0.25) is 14.4 Å². The highest BCUT2D eigenvalue weighted by Gasteiger charge is 2.19. The van der Waals surface area contributed by atoms with Crippen molar-refractivity contribution in [3.05, 3.63) is 36.5 Å². The van der Waals surface area contributed by atoms with Gasteiger partial charge in [0.05, 0.1) is 0 Å². The molecule has 6 heteroatoms. The highest BCUT2D eigenvalue weighted by atomic mass is 16.6. The Bertz CT molecular complexity index is 1090. The second kappa shape index (κ2) is 54.2. The van der Waals surface area contributed by atoms with Crippen LogP contribution in [0.1, 0.15) is 303 Å². The molecule has 65 heavy (non-hydrogen) atoms. The summed E-state index contributed by atoms with van der Waals surface area (Å²) in [6.07, 6.45) is 64.3. The average molecular weight is 914 g/mol. The first-order valence-electron chi connectivity index (χ1n) is 28.5. The first kappa shape index (κ1) is 62.6. The maximum atomic E-state index is 12.8. The fourth-order valence-electron chi connectivity index (χ4n) is 8.40. The third-order valence-corrected chi connectivity index (χ3v) is 12.7. The van der Waals surface area contributed by atoms with Crippen molar-refractivity contribution in [1.82, 2.24) is 0 Å². The number of rotatable bonds is 52. The zero-order chi connectivity index (χ0) is 47.2. The van der Waals surface area contributed by atoms with Gasteiger partial charge in [0.2, 0.25) is 0 Å². The SMILES string of the molecule is CC/C=C\C/C=C\C/C=C\CCCCCC(=O)OC(COC(=O)CCCCCCCCCCCCCCC)COC(=O)CCCCCCCCCCCCCCCCCCCCCCC. The summed E-state index contributed by atoms with van der Waals surface area (Å²) in [6, 6.07) is 0. The number of allylic oxidation sites excluding steroid dienone is 6. The van der Waals surface area contributed by atoms with E-state index in [0.717, 1.165) is 83.5 Å². The number of hydrogen-bond acceptors (Lipinski definition) is 6. The van der Waals surface area contributed by atoms with Crippen molar-refractivity contribution >= 4 is 17.9 Å². The molecule has 0 heterocycles. The fourth-order valence-corrected chi connectivity index (χ4v) is 8.40. The van der Waals surface area contributed by atoms with Crippen molar-refractivity contribution in [2.75, 3.05) is 13.2 Å². The second-order valence-corrected chi connectivity index (χ2v) is 19.2. The molecule has 0 amide bonds. The highest BCUT2D eigenvalue weighted by molar-refractivity contribution is 5.71. The van der Waals surface area contributed by atoms with E-state index in [-0.39, 0.29) is 31.1 Å². The van der Waals surface area contributed by atoms with Gasteiger partial charge < -0.3 is 14.2 Å². The lowest BCUT2D eigenvalue weighted by Gasteiger charge is -2.18. The van der Waals surface area contributed by atoms with Crippen LogP contribution in [-0.2, 0) is 28.6 Å². The van der Waals surface area contributed by atoms with Crippen LogP contribution in [0, 0.1) is 0 Å². The van der Waals surface area contributed by atoms with Crippen LogP contribution < -0.4 is 0 Å². The Morgan fingerprint density at radius 1 is 0.323 bits per heavy atom. The van der Waals surface area contributed by atoms with Gasteiger partial charge in [-0.1, -0.05) is 269 Å².